The number of nitrogens with zero attached hydrogens (tertiary/aromatic N) is 1. The molecule has 102 valence electrons. The minimum atomic E-state index is -0.794. The Balaban J connectivity index is 2.33. The van der Waals surface area contributed by atoms with Crippen molar-refractivity contribution < 1.29 is 14.7 Å². The van der Waals surface area contributed by atoms with Crippen molar-refractivity contribution in [2.45, 2.75) is 18.6 Å². The van der Waals surface area contributed by atoms with Crippen LogP contribution in [0.5, 0.6) is 0 Å². The third kappa shape index (κ3) is 2.75. The van der Waals surface area contributed by atoms with Gasteiger partial charge in [-0.15, -0.1) is 0 Å². The topological polar surface area (TPSA) is 83.6 Å². The molecular weight excluding hydrogens is 336 g/mol. The van der Waals surface area contributed by atoms with Gasteiger partial charge < -0.3 is 15.7 Å². The fourth-order valence-electron chi connectivity index (χ4n) is 2.13. The lowest BCUT2D eigenvalue weighted by molar-refractivity contribution is -0.121. The minimum absolute atomic E-state index is 0.0787. The molecule has 2 rings (SSSR count). The summed E-state index contributed by atoms with van der Waals surface area (Å²) in [5, 5.41) is 9.87. The molecule has 0 bridgehead atoms. The fourth-order valence-corrected chi connectivity index (χ4v) is 2.70. The lowest BCUT2D eigenvalue weighted by Crippen LogP contribution is -2.43. The normalized spacial score (nSPS) is 22.6. The average Bonchev–Trinajstić information content (AvgIpc) is 2.74. The third-order valence-corrected chi connectivity index (χ3v) is 4.35. The van der Waals surface area contributed by atoms with Crippen LogP contribution in [0.3, 0.4) is 0 Å². The zero-order valence-corrected chi connectivity index (χ0v) is 12.2. The summed E-state index contributed by atoms with van der Waals surface area (Å²) >= 11 is 9.29. The van der Waals surface area contributed by atoms with Crippen LogP contribution in [-0.2, 0) is 4.79 Å². The Kier molecular flexibility index (Phi) is 4.13. The van der Waals surface area contributed by atoms with Crippen LogP contribution in [0.25, 0.3) is 0 Å². The molecule has 19 heavy (non-hydrogen) atoms. The van der Waals surface area contributed by atoms with E-state index in [1.54, 1.807) is 18.2 Å². The van der Waals surface area contributed by atoms with Gasteiger partial charge in [0.1, 0.15) is 6.04 Å². The summed E-state index contributed by atoms with van der Waals surface area (Å²) in [5.41, 5.74) is 5.52. The summed E-state index contributed by atoms with van der Waals surface area (Å²) in [7, 11) is 0. The number of carbonyl (C=O) groups excluding carboxylic acids is 2. The zero-order chi connectivity index (χ0) is 14.2. The number of β-amino-alcohol motifs (C(OH)–C–C–N with tert-alkyl or cyclic N) is 1. The standard InChI is InChI=1S/C12H12BrClN2O3/c13-8-3-1-2-7(10(8)14)12(19)16-5-6(17)4-9(16)11(15)18/h1-3,6,9,17H,4-5H2,(H2,15,18). The van der Waals surface area contributed by atoms with Crippen LogP contribution in [-0.4, -0.2) is 40.5 Å². The Morgan fingerprint density at radius 3 is 2.79 bits per heavy atom. The summed E-state index contributed by atoms with van der Waals surface area (Å²) in [5.74, 6) is -1.04. The lowest BCUT2D eigenvalue weighted by Gasteiger charge is -2.22. The highest BCUT2D eigenvalue weighted by Gasteiger charge is 2.38. The summed E-state index contributed by atoms with van der Waals surface area (Å²) in [4.78, 5) is 25.0. The van der Waals surface area contributed by atoms with E-state index in [-0.39, 0.29) is 23.6 Å². The van der Waals surface area contributed by atoms with E-state index in [0.717, 1.165) is 0 Å². The van der Waals surface area contributed by atoms with Crippen molar-refractivity contribution in [3.8, 4) is 0 Å². The van der Waals surface area contributed by atoms with Crippen molar-refractivity contribution in [3.63, 3.8) is 0 Å². The van der Waals surface area contributed by atoms with Gasteiger partial charge in [-0.25, -0.2) is 0 Å². The number of benzene rings is 1. The van der Waals surface area contributed by atoms with Gasteiger partial charge in [-0.2, -0.15) is 0 Å². The van der Waals surface area contributed by atoms with E-state index in [4.69, 9.17) is 17.3 Å². The summed E-state index contributed by atoms with van der Waals surface area (Å²) < 4.78 is 0.593. The molecule has 0 spiro atoms. The van der Waals surface area contributed by atoms with Crippen LogP contribution in [0, 0.1) is 0 Å². The molecule has 0 aliphatic carbocycles. The highest BCUT2D eigenvalue weighted by molar-refractivity contribution is 9.10. The number of likely N-dealkylation sites (tertiary alicyclic amines) is 1. The summed E-state index contributed by atoms with van der Waals surface area (Å²) in [6.45, 7) is 0.0787. The molecule has 1 aromatic carbocycles. The molecule has 1 aliphatic rings. The number of carbonyl (C=O) groups is 2. The van der Waals surface area contributed by atoms with Crippen LogP contribution >= 0.6 is 27.5 Å². The number of amides is 2. The first-order valence-electron chi connectivity index (χ1n) is 5.64. The molecule has 2 atom stereocenters. The van der Waals surface area contributed by atoms with Crippen molar-refractivity contribution in [1.82, 2.24) is 4.90 Å². The number of aliphatic hydroxyl groups excluding tert-OH is 1. The van der Waals surface area contributed by atoms with E-state index < -0.39 is 24.0 Å². The molecule has 1 aromatic rings. The quantitative estimate of drug-likeness (QED) is 0.842. The van der Waals surface area contributed by atoms with Crippen LogP contribution in [0.2, 0.25) is 5.02 Å². The van der Waals surface area contributed by atoms with Crippen molar-refractivity contribution in [3.05, 3.63) is 33.3 Å². The summed E-state index contributed by atoms with van der Waals surface area (Å²) in [6, 6.07) is 4.16. The molecule has 1 saturated heterocycles. The number of rotatable bonds is 2. The minimum Gasteiger partial charge on any atom is -0.391 e. The fraction of sp³-hybridized carbons (Fsp3) is 0.333. The van der Waals surface area contributed by atoms with E-state index in [2.05, 4.69) is 15.9 Å². The van der Waals surface area contributed by atoms with E-state index in [9.17, 15) is 14.7 Å². The molecular formula is C12H12BrClN2O3. The van der Waals surface area contributed by atoms with Crippen LogP contribution in [0.1, 0.15) is 16.8 Å². The van der Waals surface area contributed by atoms with Gasteiger partial charge >= 0.3 is 0 Å². The first-order chi connectivity index (χ1) is 8.91. The molecule has 0 radical (unpaired) electrons. The molecule has 1 fully saturated rings. The van der Waals surface area contributed by atoms with E-state index in [0.29, 0.717) is 4.47 Å². The summed E-state index contributed by atoms with van der Waals surface area (Å²) in [6.07, 6.45) is -0.584. The maximum atomic E-state index is 12.4. The van der Waals surface area contributed by atoms with Crippen molar-refractivity contribution in [2.75, 3.05) is 6.54 Å². The third-order valence-electron chi connectivity index (χ3n) is 3.05. The van der Waals surface area contributed by atoms with E-state index in [1.165, 1.54) is 4.90 Å². The number of aliphatic hydroxyl groups is 1. The molecule has 3 N–H and O–H groups in total. The molecule has 7 heteroatoms. The number of primary amides is 1. The molecule has 1 heterocycles. The Hall–Kier alpha value is -1.11. The Morgan fingerprint density at radius 1 is 1.47 bits per heavy atom. The smallest absolute Gasteiger partial charge is 0.256 e. The Labute approximate surface area is 123 Å². The first kappa shape index (κ1) is 14.3. The maximum Gasteiger partial charge on any atom is 0.256 e. The second-order valence-corrected chi connectivity index (χ2v) is 5.60. The zero-order valence-electron chi connectivity index (χ0n) is 9.85. The van der Waals surface area contributed by atoms with Gasteiger partial charge in [-0.05, 0) is 28.1 Å². The van der Waals surface area contributed by atoms with Gasteiger partial charge in [-0.3, -0.25) is 9.59 Å². The molecule has 5 nitrogen and oxygen atoms in total. The van der Waals surface area contributed by atoms with Gasteiger partial charge in [0, 0.05) is 17.4 Å². The molecule has 2 amide bonds. The number of hydrogen-bond acceptors (Lipinski definition) is 3. The monoisotopic (exact) mass is 346 g/mol. The van der Waals surface area contributed by atoms with Gasteiger partial charge in [0.2, 0.25) is 5.91 Å². The van der Waals surface area contributed by atoms with Crippen molar-refractivity contribution in [1.29, 1.82) is 0 Å². The predicted molar refractivity (Wildman–Crippen MR) is 73.8 cm³/mol. The van der Waals surface area contributed by atoms with Gasteiger partial charge in [0.15, 0.2) is 0 Å². The van der Waals surface area contributed by atoms with Crippen LogP contribution < -0.4 is 5.73 Å². The Morgan fingerprint density at radius 2 is 2.16 bits per heavy atom. The van der Waals surface area contributed by atoms with Crippen molar-refractivity contribution in [2.24, 2.45) is 5.73 Å². The molecule has 0 aromatic heterocycles. The largest absolute Gasteiger partial charge is 0.391 e. The predicted octanol–water partition coefficient (Wildman–Crippen LogP) is 1.16. The van der Waals surface area contributed by atoms with Crippen LogP contribution in [0.4, 0.5) is 0 Å². The molecule has 1 aliphatic heterocycles. The van der Waals surface area contributed by atoms with E-state index in [1.807, 2.05) is 0 Å². The Bertz CT molecular complexity index is 538. The lowest BCUT2D eigenvalue weighted by atomic mass is 10.1. The second-order valence-electron chi connectivity index (χ2n) is 4.37. The number of nitrogens with two attached hydrogens (primary N) is 1. The van der Waals surface area contributed by atoms with Gasteiger partial charge in [-0.1, -0.05) is 17.7 Å². The maximum absolute atomic E-state index is 12.4. The van der Waals surface area contributed by atoms with Gasteiger partial charge in [0.05, 0.1) is 16.7 Å². The molecule has 2 unspecified atom stereocenters. The second kappa shape index (κ2) is 5.48. The highest BCUT2D eigenvalue weighted by Crippen LogP contribution is 2.29. The van der Waals surface area contributed by atoms with E-state index >= 15 is 0 Å². The highest BCUT2D eigenvalue weighted by atomic mass is 79.9. The number of halogens is 2. The average molecular weight is 348 g/mol. The number of hydrogen-bond donors (Lipinski definition) is 2. The first-order valence-corrected chi connectivity index (χ1v) is 6.81. The SMILES string of the molecule is NC(=O)C1CC(O)CN1C(=O)c1cccc(Br)c1Cl. The van der Waals surface area contributed by atoms with Gasteiger partial charge in [0.25, 0.3) is 5.91 Å². The molecule has 0 saturated carbocycles. The van der Waals surface area contributed by atoms with Crippen LogP contribution in [0.15, 0.2) is 22.7 Å². The van der Waals surface area contributed by atoms with Crippen molar-refractivity contribution >= 4 is 39.3 Å².